The summed E-state index contributed by atoms with van der Waals surface area (Å²) in [5.74, 6) is -1.37. The summed E-state index contributed by atoms with van der Waals surface area (Å²) in [6.07, 6.45) is 1.22. The summed E-state index contributed by atoms with van der Waals surface area (Å²) in [6, 6.07) is 31.0. The van der Waals surface area contributed by atoms with Crippen molar-refractivity contribution in [3.63, 3.8) is 0 Å². The number of ether oxygens (including phenoxy) is 2. The summed E-state index contributed by atoms with van der Waals surface area (Å²) in [7, 11) is 0. The van der Waals surface area contributed by atoms with Crippen LogP contribution in [0.5, 0.6) is 0 Å². The van der Waals surface area contributed by atoms with Crippen LogP contribution in [0, 0.1) is 5.41 Å². The molecule has 0 saturated heterocycles. The van der Waals surface area contributed by atoms with Gasteiger partial charge in [-0.25, -0.2) is 4.79 Å². The largest absolute Gasteiger partial charge is 0.461 e. The minimum atomic E-state index is -1.01. The SMILES string of the molecule is CSC(=N)c1ccc(CC(NC(=O)OCc2ccccc2)C(=O)Nc2cccc(C(=O)NCCC(=O)OCc3ccccc3)c2)cc1. The molecule has 0 fully saturated rings. The molecule has 3 amide bonds. The summed E-state index contributed by atoms with van der Waals surface area (Å²) < 4.78 is 10.6. The fourth-order valence-corrected chi connectivity index (χ4v) is 4.79. The predicted molar refractivity (Wildman–Crippen MR) is 182 cm³/mol. The highest BCUT2D eigenvalue weighted by Gasteiger charge is 2.23. The van der Waals surface area contributed by atoms with E-state index in [-0.39, 0.29) is 38.2 Å². The van der Waals surface area contributed by atoms with Gasteiger partial charge in [0.25, 0.3) is 5.91 Å². The standard InChI is InChI=1S/C36H36N4O6S/c1-47-33(37)28-17-15-25(16-18-28)21-31(40-36(44)46-24-27-11-6-3-7-12-27)35(43)39-30-14-8-13-29(22-30)34(42)38-20-19-32(41)45-23-26-9-4-2-5-10-26/h2-18,22,31,37H,19-21,23-24H2,1H3,(H,38,42)(H,39,43)(H,40,44). The summed E-state index contributed by atoms with van der Waals surface area (Å²) in [5.41, 5.74) is 3.81. The second-order valence-corrected chi connectivity index (χ2v) is 11.2. The van der Waals surface area contributed by atoms with Crippen LogP contribution in [0.25, 0.3) is 0 Å². The molecule has 242 valence electrons. The molecule has 4 N–H and O–H groups in total. The lowest BCUT2D eigenvalue weighted by Gasteiger charge is -2.19. The van der Waals surface area contributed by atoms with Crippen LogP contribution in [0.15, 0.2) is 109 Å². The van der Waals surface area contributed by atoms with E-state index in [9.17, 15) is 19.2 Å². The fourth-order valence-electron chi connectivity index (χ4n) is 4.42. The third-order valence-electron chi connectivity index (χ3n) is 6.93. The number of amides is 3. The molecule has 10 nitrogen and oxygen atoms in total. The zero-order chi connectivity index (χ0) is 33.4. The van der Waals surface area contributed by atoms with E-state index in [1.165, 1.54) is 17.8 Å². The maximum atomic E-state index is 13.5. The normalized spacial score (nSPS) is 11.1. The Morgan fingerprint density at radius 2 is 1.38 bits per heavy atom. The summed E-state index contributed by atoms with van der Waals surface area (Å²) >= 11 is 1.32. The number of hydrogen-bond acceptors (Lipinski definition) is 8. The molecule has 0 heterocycles. The van der Waals surface area contributed by atoms with E-state index in [1.807, 2.05) is 66.9 Å². The Kier molecular flexibility index (Phi) is 13.1. The van der Waals surface area contributed by atoms with E-state index in [4.69, 9.17) is 14.9 Å². The number of benzene rings is 4. The van der Waals surface area contributed by atoms with Crippen molar-refractivity contribution in [3.05, 3.63) is 137 Å². The molecule has 0 aliphatic carbocycles. The third-order valence-corrected chi connectivity index (χ3v) is 7.57. The topological polar surface area (TPSA) is 147 Å². The van der Waals surface area contributed by atoms with E-state index in [0.717, 1.165) is 22.3 Å². The van der Waals surface area contributed by atoms with E-state index in [0.29, 0.717) is 10.7 Å². The van der Waals surface area contributed by atoms with Crippen LogP contribution in [-0.2, 0) is 38.7 Å². The van der Waals surface area contributed by atoms with Crippen molar-refractivity contribution in [2.75, 3.05) is 18.1 Å². The molecule has 0 aliphatic rings. The van der Waals surface area contributed by atoms with Gasteiger partial charge in [-0.1, -0.05) is 91.0 Å². The Balaban J connectivity index is 1.35. The van der Waals surface area contributed by atoms with Crippen molar-refractivity contribution in [3.8, 4) is 0 Å². The fraction of sp³-hybridized carbons (Fsp3) is 0.194. The quantitative estimate of drug-likeness (QED) is 0.0775. The summed E-state index contributed by atoms with van der Waals surface area (Å²) in [4.78, 5) is 51.1. The average Bonchev–Trinajstić information content (AvgIpc) is 3.10. The maximum Gasteiger partial charge on any atom is 0.408 e. The highest BCUT2D eigenvalue weighted by atomic mass is 32.2. The molecule has 0 aromatic heterocycles. The van der Waals surface area contributed by atoms with E-state index >= 15 is 0 Å². The van der Waals surface area contributed by atoms with Gasteiger partial charge in [0.2, 0.25) is 5.91 Å². The van der Waals surface area contributed by atoms with Gasteiger partial charge in [0.05, 0.1) is 11.5 Å². The monoisotopic (exact) mass is 652 g/mol. The zero-order valence-electron chi connectivity index (χ0n) is 25.9. The first-order valence-corrected chi connectivity index (χ1v) is 16.1. The molecule has 0 saturated carbocycles. The lowest BCUT2D eigenvalue weighted by atomic mass is 10.0. The molecule has 4 aromatic carbocycles. The van der Waals surface area contributed by atoms with E-state index in [1.54, 1.807) is 42.5 Å². The molecule has 0 radical (unpaired) electrons. The van der Waals surface area contributed by atoms with Crippen LogP contribution in [0.4, 0.5) is 10.5 Å². The first-order valence-electron chi connectivity index (χ1n) is 14.9. The van der Waals surface area contributed by atoms with Crippen molar-refractivity contribution in [2.24, 2.45) is 0 Å². The molecule has 1 atom stereocenters. The van der Waals surface area contributed by atoms with Gasteiger partial charge in [-0.15, -0.1) is 11.8 Å². The third kappa shape index (κ3) is 11.5. The number of carbonyl (C=O) groups excluding carboxylic acids is 4. The van der Waals surface area contributed by atoms with E-state index < -0.39 is 29.9 Å². The predicted octanol–water partition coefficient (Wildman–Crippen LogP) is 5.71. The van der Waals surface area contributed by atoms with Crippen LogP contribution >= 0.6 is 11.8 Å². The van der Waals surface area contributed by atoms with Crippen molar-refractivity contribution in [2.45, 2.75) is 32.1 Å². The minimum absolute atomic E-state index is 0.00210. The highest BCUT2D eigenvalue weighted by molar-refractivity contribution is 8.13. The molecule has 11 heteroatoms. The smallest absolute Gasteiger partial charge is 0.408 e. The van der Waals surface area contributed by atoms with Crippen LogP contribution in [-0.4, -0.2) is 47.8 Å². The number of rotatable bonds is 14. The van der Waals surface area contributed by atoms with Gasteiger partial charge in [0.1, 0.15) is 19.3 Å². The lowest BCUT2D eigenvalue weighted by molar-refractivity contribution is -0.144. The van der Waals surface area contributed by atoms with Gasteiger partial charge < -0.3 is 25.4 Å². The number of hydrogen-bond donors (Lipinski definition) is 4. The zero-order valence-corrected chi connectivity index (χ0v) is 26.7. The Morgan fingerprint density at radius 1 is 0.745 bits per heavy atom. The average molecular weight is 653 g/mol. The number of anilines is 1. The van der Waals surface area contributed by atoms with Gasteiger partial charge in [0, 0.05) is 29.8 Å². The number of carbonyl (C=O) groups is 4. The van der Waals surface area contributed by atoms with Gasteiger partial charge in [-0.3, -0.25) is 19.8 Å². The van der Waals surface area contributed by atoms with Crippen LogP contribution in [0.1, 0.15) is 39.0 Å². The minimum Gasteiger partial charge on any atom is -0.461 e. The summed E-state index contributed by atoms with van der Waals surface area (Å²) in [6.45, 7) is 0.272. The van der Waals surface area contributed by atoms with E-state index in [2.05, 4.69) is 16.0 Å². The first kappa shape index (κ1) is 34.5. The molecular weight excluding hydrogens is 616 g/mol. The maximum absolute atomic E-state index is 13.5. The molecule has 4 aromatic rings. The van der Waals surface area contributed by atoms with Gasteiger partial charge in [0.15, 0.2) is 0 Å². The number of nitrogens with one attached hydrogen (secondary N) is 4. The molecule has 1 unspecified atom stereocenters. The molecule has 0 aliphatic heterocycles. The van der Waals surface area contributed by atoms with Crippen molar-refractivity contribution in [1.82, 2.24) is 10.6 Å². The molecular formula is C36H36N4O6S. The Bertz CT molecular complexity index is 1670. The molecule has 4 rings (SSSR count). The highest BCUT2D eigenvalue weighted by Crippen LogP contribution is 2.15. The number of alkyl carbamates (subject to hydrolysis) is 1. The number of thioether (sulfide) groups is 1. The van der Waals surface area contributed by atoms with Crippen LogP contribution in [0.3, 0.4) is 0 Å². The molecule has 47 heavy (non-hydrogen) atoms. The number of esters is 1. The van der Waals surface area contributed by atoms with Crippen LogP contribution in [0.2, 0.25) is 0 Å². The van der Waals surface area contributed by atoms with Gasteiger partial charge >= 0.3 is 12.1 Å². The van der Waals surface area contributed by atoms with Crippen molar-refractivity contribution < 1.29 is 28.7 Å². The van der Waals surface area contributed by atoms with Crippen LogP contribution < -0.4 is 16.0 Å². The first-order chi connectivity index (χ1) is 22.8. The Labute approximate surface area is 277 Å². The Hall–Kier alpha value is -5.42. The second-order valence-electron chi connectivity index (χ2n) is 10.4. The second kappa shape index (κ2) is 17.9. The Morgan fingerprint density at radius 3 is 2.02 bits per heavy atom. The van der Waals surface area contributed by atoms with Crippen molar-refractivity contribution >= 4 is 46.4 Å². The van der Waals surface area contributed by atoms with Gasteiger partial charge in [-0.05, 0) is 41.1 Å². The molecule has 0 spiro atoms. The molecule has 0 bridgehead atoms. The van der Waals surface area contributed by atoms with Gasteiger partial charge in [-0.2, -0.15) is 0 Å². The summed E-state index contributed by atoms with van der Waals surface area (Å²) in [5, 5.41) is 16.6. The van der Waals surface area contributed by atoms with Crippen molar-refractivity contribution in [1.29, 1.82) is 5.41 Å². The lowest BCUT2D eigenvalue weighted by Crippen LogP contribution is -2.45.